The second kappa shape index (κ2) is 10.7. The van der Waals surface area contributed by atoms with Gasteiger partial charge in [0, 0.05) is 32.7 Å². The van der Waals surface area contributed by atoms with Crippen LogP contribution in [0.3, 0.4) is 0 Å². The van der Waals surface area contributed by atoms with Crippen LogP contribution in [0, 0.1) is 5.82 Å². The van der Waals surface area contributed by atoms with Crippen LogP contribution in [-0.4, -0.2) is 59.4 Å². The normalized spacial score (nSPS) is 16.1. The Morgan fingerprint density at radius 1 is 1.37 bits per heavy atom. The third-order valence-electron chi connectivity index (χ3n) is 4.65. The number of nitrogens with zero attached hydrogens (tertiary/aromatic N) is 4. The molecule has 1 unspecified atom stereocenters. The Morgan fingerprint density at radius 3 is 2.97 bits per heavy atom. The quantitative estimate of drug-likeness (QED) is 0.334. The van der Waals surface area contributed by atoms with E-state index in [4.69, 9.17) is 4.74 Å². The Balaban J connectivity index is 1.51. The number of benzene rings is 1. The Morgan fingerprint density at radius 2 is 2.20 bits per heavy atom. The average Bonchev–Trinajstić information content (AvgIpc) is 3.13. The van der Waals surface area contributed by atoms with Gasteiger partial charge in [0.25, 0.3) is 5.91 Å². The summed E-state index contributed by atoms with van der Waals surface area (Å²) in [5.74, 6) is 1.35. The molecule has 0 saturated heterocycles. The molecule has 162 valence electrons. The number of aryl methyl sites for hydroxylation is 1. The number of halogens is 1. The van der Waals surface area contributed by atoms with Crippen LogP contribution >= 0.6 is 0 Å². The third-order valence-corrected chi connectivity index (χ3v) is 4.65. The lowest BCUT2D eigenvalue weighted by Gasteiger charge is -2.25. The number of fused-ring (bicyclic) bond motifs is 1. The summed E-state index contributed by atoms with van der Waals surface area (Å²) in [7, 11) is 1.63. The standard InChI is InChI=1S/C20H28FN7O2/c1-3-22-20(24-11-10-23-19(29)15-6-4-5-7-16(15)21)25-14-8-9-18-26-17(13-30-2)27-28(18)12-14/h4-7,14H,3,8-13H2,1-2H3,(H,23,29)(H2,22,24,25). The zero-order chi connectivity index (χ0) is 21.3. The zero-order valence-electron chi connectivity index (χ0n) is 17.3. The van der Waals surface area contributed by atoms with Crippen LogP contribution in [0.15, 0.2) is 29.3 Å². The fraction of sp³-hybridized carbons (Fsp3) is 0.500. The fourth-order valence-electron chi connectivity index (χ4n) is 3.26. The smallest absolute Gasteiger partial charge is 0.254 e. The van der Waals surface area contributed by atoms with Crippen molar-refractivity contribution in [2.45, 2.75) is 39.0 Å². The van der Waals surface area contributed by atoms with E-state index in [-0.39, 0.29) is 11.6 Å². The number of guanidine groups is 1. The lowest BCUT2D eigenvalue weighted by molar-refractivity contribution is 0.0951. The van der Waals surface area contributed by atoms with Gasteiger partial charge in [-0.15, -0.1) is 0 Å². The van der Waals surface area contributed by atoms with E-state index in [1.54, 1.807) is 19.2 Å². The largest absolute Gasteiger partial charge is 0.377 e. The first-order chi connectivity index (χ1) is 14.6. The summed E-state index contributed by atoms with van der Waals surface area (Å²) in [6.45, 7) is 4.48. The number of ether oxygens (including phenoxy) is 1. The van der Waals surface area contributed by atoms with Crippen molar-refractivity contribution >= 4 is 11.9 Å². The molecule has 0 bridgehead atoms. The molecular weight excluding hydrogens is 389 g/mol. The van der Waals surface area contributed by atoms with Gasteiger partial charge in [0.15, 0.2) is 11.8 Å². The number of carbonyl (C=O) groups excluding carboxylic acids is 1. The summed E-state index contributed by atoms with van der Waals surface area (Å²) in [4.78, 5) is 21.1. The van der Waals surface area contributed by atoms with Gasteiger partial charge >= 0.3 is 0 Å². The maximum absolute atomic E-state index is 13.7. The molecule has 1 aromatic heterocycles. The molecule has 1 aliphatic rings. The van der Waals surface area contributed by atoms with Crippen molar-refractivity contribution in [2.24, 2.45) is 4.99 Å². The van der Waals surface area contributed by atoms with Gasteiger partial charge in [-0.05, 0) is 25.5 Å². The Labute approximate surface area is 175 Å². The fourth-order valence-corrected chi connectivity index (χ4v) is 3.26. The first-order valence-corrected chi connectivity index (χ1v) is 10.1. The number of amides is 1. The Kier molecular flexibility index (Phi) is 7.72. The lowest BCUT2D eigenvalue weighted by atomic mass is 10.1. The molecule has 0 radical (unpaired) electrons. The number of hydrogen-bond donors (Lipinski definition) is 3. The van der Waals surface area contributed by atoms with Crippen LogP contribution in [0.2, 0.25) is 0 Å². The first-order valence-electron chi connectivity index (χ1n) is 10.1. The topological polar surface area (TPSA) is 105 Å². The van der Waals surface area contributed by atoms with Crippen LogP contribution in [0.1, 0.15) is 35.4 Å². The van der Waals surface area contributed by atoms with E-state index in [0.717, 1.165) is 18.7 Å². The maximum atomic E-state index is 13.7. The molecule has 1 amide bonds. The molecule has 0 spiro atoms. The molecule has 9 nitrogen and oxygen atoms in total. The van der Waals surface area contributed by atoms with Gasteiger partial charge in [-0.3, -0.25) is 9.79 Å². The predicted molar refractivity (Wildman–Crippen MR) is 111 cm³/mol. The van der Waals surface area contributed by atoms with Crippen LogP contribution in [0.4, 0.5) is 4.39 Å². The molecule has 3 rings (SSSR count). The zero-order valence-corrected chi connectivity index (χ0v) is 17.3. The maximum Gasteiger partial charge on any atom is 0.254 e. The van der Waals surface area contributed by atoms with Gasteiger partial charge in [-0.25, -0.2) is 14.1 Å². The molecule has 2 aromatic rings. The third kappa shape index (κ3) is 5.76. The number of methoxy groups -OCH3 is 1. The monoisotopic (exact) mass is 417 g/mol. The Hall–Kier alpha value is -3.01. The van der Waals surface area contributed by atoms with Crippen molar-refractivity contribution in [1.82, 2.24) is 30.7 Å². The summed E-state index contributed by atoms with van der Waals surface area (Å²) < 4.78 is 20.7. The van der Waals surface area contributed by atoms with E-state index in [2.05, 4.69) is 31.0 Å². The highest BCUT2D eigenvalue weighted by Gasteiger charge is 2.22. The van der Waals surface area contributed by atoms with E-state index in [1.165, 1.54) is 12.1 Å². The van der Waals surface area contributed by atoms with Crippen LogP contribution in [0.25, 0.3) is 0 Å². The lowest BCUT2D eigenvalue weighted by Crippen LogP contribution is -2.47. The van der Waals surface area contributed by atoms with E-state index >= 15 is 0 Å². The van der Waals surface area contributed by atoms with Crippen LogP contribution in [0.5, 0.6) is 0 Å². The van der Waals surface area contributed by atoms with Crippen molar-refractivity contribution in [3.05, 3.63) is 47.3 Å². The molecular formula is C20H28FN7O2. The summed E-state index contributed by atoms with van der Waals surface area (Å²) in [6.07, 6.45) is 1.74. The number of rotatable bonds is 8. The van der Waals surface area contributed by atoms with Gasteiger partial charge in [-0.2, -0.15) is 5.10 Å². The summed E-state index contributed by atoms with van der Waals surface area (Å²) in [5.41, 5.74) is 0.0326. The molecule has 0 fully saturated rings. The number of nitrogens with one attached hydrogen (secondary N) is 3. The summed E-state index contributed by atoms with van der Waals surface area (Å²) in [6, 6.07) is 6.08. The van der Waals surface area contributed by atoms with Crippen molar-refractivity contribution in [2.75, 3.05) is 26.7 Å². The van der Waals surface area contributed by atoms with Crippen LogP contribution in [-0.2, 0) is 24.3 Å². The molecule has 1 atom stereocenters. The van der Waals surface area contributed by atoms with E-state index in [0.29, 0.717) is 44.6 Å². The minimum absolute atomic E-state index is 0.0326. The molecule has 10 heteroatoms. The Bertz CT molecular complexity index is 884. The van der Waals surface area contributed by atoms with Gasteiger partial charge < -0.3 is 20.7 Å². The van der Waals surface area contributed by atoms with Crippen molar-refractivity contribution < 1.29 is 13.9 Å². The molecule has 1 aliphatic heterocycles. The van der Waals surface area contributed by atoms with E-state index < -0.39 is 11.7 Å². The molecule has 0 saturated carbocycles. The minimum atomic E-state index is -0.535. The number of hydrogen-bond acceptors (Lipinski definition) is 5. The summed E-state index contributed by atoms with van der Waals surface area (Å²) in [5, 5.41) is 13.8. The average molecular weight is 417 g/mol. The molecule has 2 heterocycles. The number of aromatic nitrogens is 3. The molecule has 30 heavy (non-hydrogen) atoms. The molecule has 0 aliphatic carbocycles. The van der Waals surface area contributed by atoms with E-state index in [9.17, 15) is 9.18 Å². The minimum Gasteiger partial charge on any atom is -0.377 e. The highest BCUT2D eigenvalue weighted by atomic mass is 19.1. The van der Waals surface area contributed by atoms with Crippen molar-refractivity contribution in [3.8, 4) is 0 Å². The van der Waals surface area contributed by atoms with Gasteiger partial charge in [0.2, 0.25) is 0 Å². The number of carbonyl (C=O) groups is 1. The van der Waals surface area contributed by atoms with E-state index in [1.807, 2.05) is 11.6 Å². The van der Waals surface area contributed by atoms with Crippen molar-refractivity contribution in [3.63, 3.8) is 0 Å². The molecule has 3 N–H and O–H groups in total. The summed E-state index contributed by atoms with van der Waals surface area (Å²) >= 11 is 0. The second-order valence-electron chi connectivity index (χ2n) is 6.94. The highest BCUT2D eigenvalue weighted by Crippen LogP contribution is 2.13. The number of aliphatic imine (C=N–C) groups is 1. The van der Waals surface area contributed by atoms with Crippen LogP contribution < -0.4 is 16.0 Å². The van der Waals surface area contributed by atoms with Gasteiger partial charge in [0.05, 0.1) is 18.7 Å². The SMILES string of the molecule is CCNC(=NCCNC(=O)c1ccccc1F)NC1CCc2nc(COC)nn2C1. The molecule has 1 aromatic carbocycles. The van der Waals surface area contributed by atoms with Crippen molar-refractivity contribution in [1.29, 1.82) is 0 Å². The highest BCUT2D eigenvalue weighted by molar-refractivity contribution is 5.94. The van der Waals surface area contributed by atoms with Gasteiger partial charge in [0.1, 0.15) is 18.2 Å². The predicted octanol–water partition coefficient (Wildman–Crippen LogP) is 0.864. The van der Waals surface area contributed by atoms with Gasteiger partial charge in [-0.1, -0.05) is 12.1 Å². The first kappa shape index (κ1) is 21.7. The second-order valence-corrected chi connectivity index (χ2v) is 6.94.